The summed E-state index contributed by atoms with van der Waals surface area (Å²) < 4.78 is 5.75. The van der Waals surface area contributed by atoms with Gasteiger partial charge in [-0.3, -0.25) is 4.79 Å². The Hall–Kier alpha value is -1.62. The topological polar surface area (TPSA) is 50.4 Å². The lowest BCUT2D eigenvalue weighted by molar-refractivity contribution is -0.119. The van der Waals surface area contributed by atoms with Gasteiger partial charge in [-0.25, -0.2) is 0 Å². The van der Waals surface area contributed by atoms with Gasteiger partial charge >= 0.3 is 0 Å². The van der Waals surface area contributed by atoms with Gasteiger partial charge in [-0.2, -0.15) is 0 Å². The Bertz CT molecular complexity index is 604. The number of carbonyl (C=O) groups excluding carboxylic acids is 1. The molecule has 1 rings (SSSR count). The maximum atomic E-state index is 12.1. The van der Waals surface area contributed by atoms with Crippen LogP contribution in [-0.4, -0.2) is 17.6 Å². The molecule has 0 aromatic heterocycles. The minimum absolute atomic E-state index is 0.00884. The highest BCUT2D eigenvalue weighted by Gasteiger charge is 2.05. The highest BCUT2D eigenvalue weighted by atomic mass is 32.1. The largest absolute Gasteiger partial charge is 0.494 e. The molecule has 182 valence electrons. The summed E-state index contributed by atoms with van der Waals surface area (Å²) in [5.74, 6) is 0.851. The number of unbranched alkanes of at least 4 members (excludes halogenated alkanes) is 13. The first kappa shape index (κ1) is 28.4. The van der Waals surface area contributed by atoms with Crippen molar-refractivity contribution in [3.63, 3.8) is 0 Å². The molecule has 4 nitrogen and oxygen atoms in total. The second-order valence-corrected chi connectivity index (χ2v) is 9.13. The van der Waals surface area contributed by atoms with E-state index in [2.05, 4.69) is 24.5 Å². The van der Waals surface area contributed by atoms with Crippen LogP contribution in [0.15, 0.2) is 24.3 Å². The SMILES string of the molecule is CCCCCCCCCCCCCC(=O)NC(=S)Nc1ccc(OCCCCCC)cc1. The van der Waals surface area contributed by atoms with Crippen LogP contribution in [0.3, 0.4) is 0 Å². The van der Waals surface area contributed by atoms with Crippen molar-refractivity contribution in [3.05, 3.63) is 24.3 Å². The Morgan fingerprint density at radius 3 is 1.81 bits per heavy atom. The third-order valence-electron chi connectivity index (χ3n) is 5.64. The van der Waals surface area contributed by atoms with Gasteiger partial charge in [-0.1, -0.05) is 97.3 Å². The fourth-order valence-corrected chi connectivity index (χ4v) is 3.89. The van der Waals surface area contributed by atoms with E-state index in [1.807, 2.05) is 24.3 Å². The van der Waals surface area contributed by atoms with E-state index in [1.54, 1.807) is 0 Å². The molecule has 0 saturated carbocycles. The number of nitrogens with one attached hydrogen (secondary N) is 2. The Labute approximate surface area is 202 Å². The molecule has 0 aliphatic rings. The molecule has 0 spiro atoms. The second kappa shape index (κ2) is 20.0. The Balaban J connectivity index is 2.04. The zero-order chi connectivity index (χ0) is 23.3. The molecule has 1 aromatic rings. The fraction of sp³-hybridized carbons (Fsp3) is 0.704. The predicted octanol–water partition coefficient (Wildman–Crippen LogP) is 8.16. The number of amides is 1. The first-order valence-corrected chi connectivity index (χ1v) is 13.4. The molecular weight excluding hydrogens is 416 g/mol. The molecule has 0 radical (unpaired) electrons. The third kappa shape index (κ3) is 16.1. The van der Waals surface area contributed by atoms with Crippen molar-refractivity contribution >= 4 is 28.9 Å². The maximum absolute atomic E-state index is 12.1. The number of benzene rings is 1. The smallest absolute Gasteiger partial charge is 0.226 e. The molecular formula is C27H46N2O2S. The number of rotatable bonds is 19. The number of hydrogen-bond donors (Lipinski definition) is 2. The number of anilines is 1. The monoisotopic (exact) mass is 462 g/mol. The molecule has 0 saturated heterocycles. The zero-order valence-electron chi connectivity index (χ0n) is 20.6. The Kier molecular flexibility index (Phi) is 17.8. The van der Waals surface area contributed by atoms with E-state index in [9.17, 15) is 4.79 Å². The van der Waals surface area contributed by atoms with E-state index >= 15 is 0 Å². The molecule has 0 atom stereocenters. The van der Waals surface area contributed by atoms with Gasteiger partial charge in [0.2, 0.25) is 5.91 Å². The molecule has 0 unspecified atom stereocenters. The molecule has 0 aliphatic carbocycles. The van der Waals surface area contributed by atoms with E-state index in [-0.39, 0.29) is 5.91 Å². The first-order chi connectivity index (χ1) is 15.7. The Morgan fingerprint density at radius 1 is 0.750 bits per heavy atom. The van der Waals surface area contributed by atoms with Crippen LogP contribution in [0.5, 0.6) is 5.75 Å². The molecule has 5 heteroatoms. The predicted molar refractivity (Wildman–Crippen MR) is 142 cm³/mol. The third-order valence-corrected chi connectivity index (χ3v) is 5.84. The summed E-state index contributed by atoms with van der Waals surface area (Å²) in [4.78, 5) is 12.1. The summed E-state index contributed by atoms with van der Waals surface area (Å²) in [6, 6.07) is 7.70. The Morgan fingerprint density at radius 2 is 1.25 bits per heavy atom. The quantitative estimate of drug-likeness (QED) is 0.161. The number of hydrogen-bond acceptors (Lipinski definition) is 3. The number of thiocarbonyl (C=S) groups is 1. The van der Waals surface area contributed by atoms with Crippen molar-refractivity contribution < 1.29 is 9.53 Å². The van der Waals surface area contributed by atoms with Crippen LogP contribution in [0.2, 0.25) is 0 Å². The van der Waals surface area contributed by atoms with Crippen LogP contribution in [0, 0.1) is 0 Å². The average Bonchev–Trinajstić information content (AvgIpc) is 2.78. The van der Waals surface area contributed by atoms with E-state index < -0.39 is 0 Å². The lowest BCUT2D eigenvalue weighted by Crippen LogP contribution is -2.33. The van der Waals surface area contributed by atoms with Gasteiger partial charge in [0.05, 0.1) is 6.61 Å². The van der Waals surface area contributed by atoms with Crippen LogP contribution < -0.4 is 15.4 Å². The van der Waals surface area contributed by atoms with Gasteiger partial charge in [0.1, 0.15) is 5.75 Å². The van der Waals surface area contributed by atoms with E-state index in [4.69, 9.17) is 17.0 Å². The van der Waals surface area contributed by atoms with Gasteiger partial charge in [0.25, 0.3) is 0 Å². The van der Waals surface area contributed by atoms with Crippen LogP contribution >= 0.6 is 12.2 Å². The van der Waals surface area contributed by atoms with Crippen molar-refractivity contribution in [2.45, 2.75) is 117 Å². The normalized spacial score (nSPS) is 10.7. The van der Waals surface area contributed by atoms with Gasteiger partial charge in [0.15, 0.2) is 5.11 Å². The summed E-state index contributed by atoms with van der Waals surface area (Å²) in [7, 11) is 0. The highest BCUT2D eigenvalue weighted by Crippen LogP contribution is 2.16. The van der Waals surface area contributed by atoms with E-state index in [0.717, 1.165) is 37.3 Å². The summed E-state index contributed by atoms with van der Waals surface area (Å²) in [5.41, 5.74) is 0.850. The van der Waals surface area contributed by atoms with Crippen molar-refractivity contribution in [1.29, 1.82) is 0 Å². The summed E-state index contributed by atoms with van der Waals surface area (Å²) in [5, 5.41) is 6.21. The van der Waals surface area contributed by atoms with Crippen LogP contribution in [0.25, 0.3) is 0 Å². The zero-order valence-corrected chi connectivity index (χ0v) is 21.4. The average molecular weight is 463 g/mol. The molecule has 0 fully saturated rings. The standard InChI is InChI=1S/C27H46N2O2S/c1-3-5-7-9-10-11-12-13-14-15-16-18-26(30)29-27(32)28-24-19-21-25(22-20-24)31-23-17-8-6-4-2/h19-22H,3-18,23H2,1-2H3,(H2,28,29,30,32). The number of carbonyl (C=O) groups is 1. The van der Waals surface area contributed by atoms with E-state index in [0.29, 0.717) is 11.5 Å². The lowest BCUT2D eigenvalue weighted by Gasteiger charge is -2.11. The number of ether oxygens (including phenoxy) is 1. The van der Waals surface area contributed by atoms with Crippen molar-refractivity contribution in [3.8, 4) is 5.75 Å². The van der Waals surface area contributed by atoms with Gasteiger partial charge in [-0.05, 0) is 49.3 Å². The van der Waals surface area contributed by atoms with Gasteiger partial charge < -0.3 is 15.4 Å². The van der Waals surface area contributed by atoms with Gasteiger partial charge in [-0.15, -0.1) is 0 Å². The van der Waals surface area contributed by atoms with Crippen molar-refractivity contribution in [2.75, 3.05) is 11.9 Å². The second-order valence-electron chi connectivity index (χ2n) is 8.72. The minimum atomic E-state index is -0.00884. The van der Waals surface area contributed by atoms with Crippen LogP contribution in [0.4, 0.5) is 5.69 Å². The first-order valence-electron chi connectivity index (χ1n) is 13.0. The van der Waals surface area contributed by atoms with Gasteiger partial charge in [0, 0.05) is 12.1 Å². The fourth-order valence-electron chi connectivity index (χ4n) is 3.65. The van der Waals surface area contributed by atoms with Crippen LogP contribution in [-0.2, 0) is 4.79 Å². The molecule has 0 heterocycles. The maximum Gasteiger partial charge on any atom is 0.226 e. The summed E-state index contributed by atoms with van der Waals surface area (Å²) in [6.07, 6.45) is 19.4. The van der Waals surface area contributed by atoms with E-state index in [1.165, 1.54) is 77.0 Å². The summed E-state index contributed by atoms with van der Waals surface area (Å²) >= 11 is 5.27. The lowest BCUT2D eigenvalue weighted by atomic mass is 10.1. The van der Waals surface area contributed by atoms with Crippen LogP contribution in [0.1, 0.15) is 117 Å². The molecule has 32 heavy (non-hydrogen) atoms. The van der Waals surface area contributed by atoms with Crippen molar-refractivity contribution in [1.82, 2.24) is 5.32 Å². The summed E-state index contributed by atoms with van der Waals surface area (Å²) in [6.45, 7) is 5.22. The van der Waals surface area contributed by atoms with Crippen molar-refractivity contribution in [2.24, 2.45) is 0 Å². The molecule has 1 aromatic carbocycles. The molecule has 0 bridgehead atoms. The minimum Gasteiger partial charge on any atom is -0.494 e. The molecule has 2 N–H and O–H groups in total. The molecule has 0 aliphatic heterocycles. The highest BCUT2D eigenvalue weighted by molar-refractivity contribution is 7.80. The molecule has 1 amide bonds.